The quantitative estimate of drug-likeness (QED) is 0.902. The zero-order valence-corrected chi connectivity index (χ0v) is 11.3. The average molecular weight is 250 g/mol. The average Bonchev–Trinajstić information content (AvgIpc) is 2.68. The van der Waals surface area contributed by atoms with Crippen molar-refractivity contribution in [2.24, 2.45) is 11.7 Å². The Morgan fingerprint density at radius 3 is 2.94 bits per heavy atom. The van der Waals surface area contributed by atoms with Crippen LogP contribution in [-0.2, 0) is 0 Å². The van der Waals surface area contributed by atoms with E-state index in [1.54, 1.807) is 17.7 Å². The van der Waals surface area contributed by atoms with Crippen LogP contribution in [0.25, 0.3) is 10.2 Å². The molecular weight excluding hydrogens is 232 g/mol. The second kappa shape index (κ2) is 4.98. The minimum Gasteiger partial charge on any atom is -0.359 e. The number of rotatable bonds is 4. The number of fused-ring (bicyclic) bond motifs is 1. The summed E-state index contributed by atoms with van der Waals surface area (Å²) >= 11 is 1.71. The van der Waals surface area contributed by atoms with Gasteiger partial charge in [-0.1, -0.05) is 6.92 Å². The van der Waals surface area contributed by atoms with E-state index in [1.165, 1.54) is 4.88 Å². The number of thiophene rings is 1. The zero-order valence-electron chi connectivity index (χ0n) is 10.5. The van der Waals surface area contributed by atoms with E-state index >= 15 is 0 Å². The molecule has 0 aliphatic heterocycles. The van der Waals surface area contributed by atoms with E-state index in [0.29, 0.717) is 12.5 Å². The van der Waals surface area contributed by atoms with Gasteiger partial charge in [0.15, 0.2) is 0 Å². The van der Waals surface area contributed by atoms with Gasteiger partial charge in [0.1, 0.15) is 17.0 Å². The van der Waals surface area contributed by atoms with Crippen LogP contribution in [-0.4, -0.2) is 30.1 Å². The fraction of sp³-hybridized carbons (Fsp3) is 0.500. The first-order valence-electron chi connectivity index (χ1n) is 5.74. The lowest BCUT2D eigenvalue weighted by molar-refractivity contribution is 0.588. The largest absolute Gasteiger partial charge is 0.359 e. The fourth-order valence-corrected chi connectivity index (χ4v) is 2.74. The molecule has 0 aromatic carbocycles. The molecule has 0 aliphatic rings. The Morgan fingerprint density at radius 2 is 2.24 bits per heavy atom. The second-order valence-corrected chi connectivity index (χ2v) is 5.73. The molecule has 17 heavy (non-hydrogen) atoms. The number of anilines is 1. The van der Waals surface area contributed by atoms with Crippen LogP contribution in [0.3, 0.4) is 0 Å². The van der Waals surface area contributed by atoms with Crippen LogP contribution in [0.15, 0.2) is 12.4 Å². The SMILES string of the molecule is Cc1cc2c(N(C)CC(C)CN)ncnc2s1. The molecule has 2 N–H and O–H groups in total. The summed E-state index contributed by atoms with van der Waals surface area (Å²) in [6, 6.07) is 2.15. The van der Waals surface area contributed by atoms with E-state index in [0.717, 1.165) is 22.6 Å². The molecule has 0 fully saturated rings. The van der Waals surface area contributed by atoms with Crippen LogP contribution < -0.4 is 10.6 Å². The molecule has 0 saturated carbocycles. The molecule has 4 nitrogen and oxygen atoms in total. The lowest BCUT2D eigenvalue weighted by Crippen LogP contribution is -2.28. The highest BCUT2D eigenvalue weighted by Crippen LogP contribution is 2.29. The fourth-order valence-electron chi connectivity index (χ4n) is 1.90. The smallest absolute Gasteiger partial charge is 0.140 e. The van der Waals surface area contributed by atoms with Crippen LogP contribution in [0.1, 0.15) is 11.8 Å². The molecular formula is C12H18N4S. The molecule has 0 radical (unpaired) electrons. The van der Waals surface area contributed by atoms with Gasteiger partial charge in [-0.05, 0) is 25.5 Å². The molecule has 2 rings (SSSR count). The van der Waals surface area contributed by atoms with E-state index in [4.69, 9.17) is 5.73 Å². The Bertz CT molecular complexity index is 508. The number of nitrogens with zero attached hydrogens (tertiary/aromatic N) is 3. The molecule has 2 heterocycles. The summed E-state index contributed by atoms with van der Waals surface area (Å²) in [6.07, 6.45) is 1.64. The monoisotopic (exact) mass is 250 g/mol. The normalized spacial score (nSPS) is 12.9. The van der Waals surface area contributed by atoms with E-state index in [9.17, 15) is 0 Å². The maximum Gasteiger partial charge on any atom is 0.140 e. The predicted octanol–water partition coefficient (Wildman–Crippen LogP) is 2.03. The highest BCUT2D eigenvalue weighted by molar-refractivity contribution is 7.18. The van der Waals surface area contributed by atoms with E-state index in [-0.39, 0.29) is 0 Å². The van der Waals surface area contributed by atoms with E-state index < -0.39 is 0 Å². The second-order valence-electron chi connectivity index (χ2n) is 4.49. The van der Waals surface area contributed by atoms with Gasteiger partial charge in [-0.25, -0.2) is 9.97 Å². The van der Waals surface area contributed by atoms with Crippen molar-refractivity contribution in [1.82, 2.24) is 9.97 Å². The van der Waals surface area contributed by atoms with Crippen LogP contribution in [0.2, 0.25) is 0 Å². The molecule has 92 valence electrons. The van der Waals surface area contributed by atoms with Gasteiger partial charge in [-0.3, -0.25) is 0 Å². The van der Waals surface area contributed by atoms with Crippen molar-refractivity contribution in [3.8, 4) is 0 Å². The number of nitrogens with two attached hydrogens (primary N) is 1. The molecule has 0 spiro atoms. The lowest BCUT2D eigenvalue weighted by Gasteiger charge is -2.21. The highest BCUT2D eigenvalue weighted by Gasteiger charge is 2.12. The van der Waals surface area contributed by atoms with Crippen molar-refractivity contribution in [3.63, 3.8) is 0 Å². The summed E-state index contributed by atoms with van der Waals surface area (Å²) < 4.78 is 0. The maximum absolute atomic E-state index is 5.66. The first-order valence-corrected chi connectivity index (χ1v) is 6.55. The predicted molar refractivity (Wildman–Crippen MR) is 73.6 cm³/mol. The number of hydrogen-bond donors (Lipinski definition) is 1. The van der Waals surface area contributed by atoms with Gasteiger partial charge >= 0.3 is 0 Å². The number of aromatic nitrogens is 2. The van der Waals surface area contributed by atoms with Gasteiger partial charge < -0.3 is 10.6 Å². The Morgan fingerprint density at radius 1 is 1.47 bits per heavy atom. The molecule has 1 unspecified atom stereocenters. The van der Waals surface area contributed by atoms with Gasteiger partial charge in [-0.2, -0.15) is 0 Å². The minimum atomic E-state index is 0.463. The Balaban J connectivity index is 2.34. The summed E-state index contributed by atoms with van der Waals surface area (Å²) in [5, 5.41) is 1.14. The molecule has 5 heteroatoms. The molecule has 2 aromatic heterocycles. The Labute approximate surface area is 105 Å². The third kappa shape index (κ3) is 2.56. The third-order valence-corrected chi connectivity index (χ3v) is 3.74. The van der Waals surface area contributed by atoms with Crippen molar-refractivity contribution in [3.05, 3.63) is 17.3 Å². The first kappa shape index (κ1) is 12.3. The molecule has 1 atom stereocenters. The van der Waals surface area contributed by atoms with Gasteiger partial charge in [0, 0.05) is 18.5 Å². The van der Waals surface area contributed by atoms with Crippen molar-refractivity contribution in [2.45, 2.75) is 13.8 Å². The Kier molecular flexibility index (Phi) is 3.59. The van der Waals surface area contributed by atoms with Gasteiger partial charge in [0.05, 0.1) is 5.39 Å². The minimum absolute atomic E-state index is 0.463. The Hall–Kier alpha value is -1.20. The van der Waals surface area contributed by atoms with E-state index in [2.05, 4.69) is 41.8 Å². The highest BCUT2D eigenvalue weighted by atomic mass is 32.1. The van der Waals surface area contributed by atoms with Crippen molar-refractivity contribution in [1.29, 1.82) is 0 Å². The summed E-state index contributed by atoms with van der Waals surface area (Å²) in [5.41, 5.74) is 5.66. The lowest BCUT2D eigenvalue weighted by atomic mass is 10.1. The van der Waals surface area contributed by atoms with Crippen LogP contribution in [0, 0.1) is 12.8 Å². The molecule has 0 aliphatic carbocycles. The first-order chi connectivity index (χ1) is 8.11. The number of aryl methyl sites for hydroxylation is 1. The molecule has 2 aromatic rings. The van der Waals surface area contributed by atoms with Gasteiger partial charge in [-0.15, -0.1) is 11.3 Å². The maximum atomic E-state index is 5.66. The van der Waals surface area contributed by atoms with Crippen LogP contribution in [0.5, 0.6) is 0 Å². The summed E-state index contributed by atoms with van der Waals surface area (Å²) in [5.74, 6) is 1.46. The molecule has 0 saturated heterocycles. The topological polar surface area (TPSA) is 55.0 Å². The zero-order chi connectivity index (χ0) is 12.4. The van der Waals surface area contributed by atoms with Gasteiger partial charge in [0.2, 0.25) is 0 Å². The molecule has 0 amide bonds. The summed E-state index contributed by atoms with van der Waals surface area (Å²) in [4.78, 5) is 13.2. The summed E-state index contributed by atoms with van der Waals surface area (Å²) in [7, 11) is 2.06. The van der Waals surface area contributed by atoms with Crippen molar-refractivity contribution >= 4 is 27.4 Å². The van der Waals surface area contributed by atoms with Crippen molar-refractivity contribution < 1.29 is 0 Å². The van der Waals surface area contributed by atoms with Crippen LogP contribution in [0.4, 0.5) is 5.82 Å². The molecule has 0 bridgehead atoms. The third-order valence-electron chi connectivity index (χ3n) is 2.78. The standard InChI is InChI=1S/C12H18N4S/c1-8(5-13)6-16(3)11-10-4-9(2)17-12(10)15-7-14-11/h4,7-8H,5-6,13H2,1-3H3. The van der Waals surface area contributed by atoms with Gasteiger partial charge in [0.25, 0.3) is 0 Å². The number of hydrogen-bond acceptors (Lipinski definition) is 5. The summed E-state index contributed by atoms with van der Waals surface area (Å²) in [6.45, 7) is 5.85. The van der Waals surface area contributed by atoms with Crippen LogP contribution >= 0.6 is 11.3 Å². The van der Waals surface area contributed by atoms with Crippen molar-refractivity contribution in [2.75, 3.05) is 25.0 Å². The van der Waals surface area contributed by atoms with E-state index in [1.807, 2.05) is 0 Å².